The Morgan fingerprint density at radius 2 is 2.03 bits per heavy atom. The Labute approximate surface area is 202 Å². The lowest BCUT2D eigenvalue weighted by Crippen LogP contribution is -2.28. The number of sulfone groups is 1. The molecule has 5 rings (SSSR count). The molecule has 1 fully saturated rings. The van der Waals surface area contributed by atoms with Crippen molar-refractivity contribution >= 4 is 27.2 Å². The van der Waals surface area contributed by atoms with Crippen molar-refractivity contribution in [1.82, 2.24) is 10.3 Å². The van der Waals surface area contributed by atoms with Crippen LogP contribution in [0.3, 0.4) is 0 Å². The number of ketones is 1. The van der Waals surface area contributed by atoms with Crippen LogP contribution in [0.25, 0.3) is 11.1 Å². The van der Waals surface area contributed by atoms with Crippen molar-refractivity contribution < 1.29 is 27.1 Å². The smallest absolute Gasteiger partial charge is 0.273 e. The van der Waals surface area contributed by atoms with E-state index in [-0.39, 0.29) is 5.92 Å². The number of carbonyl (C=O) groups excluding carboxylic acids is 1. The van der Waals surface area contributed by atoms with Crippen LogP contribution in [0, 0.1) is 5.92 Å². The van der Waals surface area contributed by atoms with Crippen LogP contribution in [0.4, 0.5) is 0 Å². The number of fused-ring (bicyclic) bond motifs is 1. The standard InChI is InChI=1S/C24H26N3O5S2/c1-24(9-10-24)34(30,31)14-20(28)18-6-4-3-5-17(18)15-7-8-19-21(11-15)32-13-16(23(19)29)12-22-25-26-27(2)33-22/h3-8,11,16,23,29H,9-10,12-14H2,1-2H3/q+1/t16-,23+/m1/s1. The van der Waals surface area contributed by atoms with Gasteiger partial charge in [0.05, 0.1) is 22.6 Å². The molecule has 2 heterocycles. The van der Waals surface area contributed by atoms with Gasteiger partial charge in [0.1, 0.15) is 30.1 Å². The number of benzene rings is 2. The van der Waals surface area contributed by atoms with Gasteiger partial charge < -0.3 is 9.84 Å². The first-order valence-electron chi connectivity index (χ1n) is 11.2. The summed E-state index contributed by atoms with van der Waals surface area (Å²) in [6.45, 7) is 2.03. The molecule has 178 valence electrons. The van der Waals surface area contributed by atoms with Crippen LogP contribution in [0.5, 0.6) is 5.75 Å². The first kappa shape index (κ1) is 23.1. The van der Waals surface area contributed by atoms with Crippen LogP contribution in [0.15, 0.2) is 42.5 Å². The number of nitrogens with zero attached hydrogens (tertiary/aromatic N) is 3. The summed E-state index contributed by atoms with van der Waals surface area (Å²) in [4.78, 5) is 13.0. The van der Waals surface area contributed by atoms with E-state index in [1.807, 2.05) is 31.3 Å². The summed E-state index contributed by atoms with van der Waals surface area (Å²) >= 11 is 1.43. The molecule has 0 radical (unpaired) electrons. The van der Waals surface area contributed by atoms with Gasteiger partial charge in [0.15, 0.2) is 20.8 Å². The predicted molar refractivity (Wildman–Crippen MR) is 126 cm³/mol. The van der Waals surface area contributed by atoms with Gasteiger partial charge in [-0.25, -0.2) is 8.42 Å². The lowest BCUT2D eigenvalue weighted by atomic mass is 9.89. The summed E-state index contributed by atoms with van der Waals surface area (Å²) in [7, 11) is -1.69. The minimum Gasteiger partial charge on any atom is -0.493 e. The Morgan fingerprint density at radius 1 is 1.26 bits per heavy atom. The van der Waals surface area contributed by atoms with E-state index in [2.05, 4.69) is 10.3 Å². The number of aryl methyl sites for hydroxylation is 1. The van der Waals surface area contributed by atoms with Crippen LogP contribution >= 0.6 is 11.5 Å². The topological polar surface area (TPSA) is 110 Å². The van der Waals surface area contributed by atoms with E-state index in [4.69, 9.17) is 4.74 Å². The average Bonchev–Trinajstić information content (AvgIpc) is 3.45. The molecule has 10 heteroatoms. The number of aliphatic hydroxyl groups is 1. The fourth-order valence-electron chi connectivity index (χ4n) is 4.28. The van der Waals surface area contributed by atoms with Crippen molar-refractivity contribution in [3.63, 3.8) is 0 Å². The molecule has 34 heavy (non-hydrogen) atoms. The van der Waals surface area contributed by atoms with Crippen LogP contribution in [0.2, 0.25) is 0 Å². The zero-order valence-electron chi connectivity index (χ0n) is 19.0. The summed E-state index contributed by atoms with van der Waals surface area (Å²) in [5, 5.41) is 19.9. The van der Waals surface area contributed by atoms with Gasteiger partial charge in [0, 0.05) is 23.5 Å². The molecule has 1 N–H and O–H groups in total. The molecular formula is C24H26N3O5S2+. The normalized spacial score (nSPS) is 20.9. The van der Waals surface area contributed by atoms with Gasteiger partial charge >= 0.3 is 0 Å². The largest absolute Gasteiger partial charge is 0.493 e. The highest BCUT2D eigenvalue weighted by Gasteiger charge is 2.50. The predicted octanol–water partition coefficient (Wildman–Crippen LogP) is 2.46. The molecule has 0 unspecified atom stereocenters. The molecule has 2 aliphatic rings. The molecule has 0 bridgehead atoms. The van der Waals surface area contributed by atoms with Crippen LogP contribution < -0.4 is 8.81 Å². The molecule has 8 nitrogen and oxygen atoms in total. The summed E-state index contributed by atoms with van der Waals surface area (Å²) in [6, 6.07) is 12.5. The third kappa shape index (κ3) is 4.25. The van der Waals surface area contributed by atoms with E-state index in [1.54, 1.807) is 29.2 Å². The third-order valence-corrected chi connectivity index (χ3v) is 10.1. The number of aliphatic hydroxyl groups excluding tert-OH is 1. The van der Waals surface area contributed by atoms with E-state index < -0.39 is 32.2 Å². The summed E-state index contributed by atoms with van der Waals surface area (Å²) in [6.07, 6.45) is 1.06. The van der Waals surface area contributed by atoms with Crippen LogP contribution in [0.1, 0.15) is 46.8 Å². The van der Waals surface area contributed by atoms with Gasteiger partial charge in [-0.15, -0.1) is 0 Å². The maximum absolute atomic E-state index is 13.0. The Hall–Kier alpha value is -2.69. The number of carbonyl (C=O) groups is 1. The van der Waals surface area contributed by atoms with E-state index in [9.17, 15) is 18.3 Å². The number of aromatic nitrogens is 3. The van der Waals surface area contributed by atoms with Crippen LogP contribution in [-0.4, -0.2) is 46.7 Å². The molecule has 0 saturated heterocycles. The van der Waals surface area contributed by atoms with Gasteiger partial charge in [0.2, 0.25) is 0 Å². The monoisotopic (exact) mass is 500 g/mol. The Bertz CT molecular complexity index is 1360. The molecule has 1 saturated carbocycles. The van der Waals surface area contributed by atoms with Gasteiger partial charge in [0.25, 0.3) is 5.01 Å². The lowest BCUT2D eigenvalue weighted by molar-refractivity contribution is -0.668. The fourth-order valence-corrected chi connectivity index (χ4v) is 6.59. The number of Topliss-reactive ketones (excluding diaryl/α,β-unsaturated/α-hetero) is 1. The fraction of sp³-hybridized carbons (Fsp3) is 0.417. The maximum Gasteiger partial charge on any atom is 0.273 e. The highest BCUT2D eigenvalue weighted by molar-refractivity contribution is 7.93. The van der Waals surface area contributed by atoms with Crippen molar-refractivity contribution in [3.8, 4) is 16.9 Å². The highest BCUT2D eigenvalue weighted by Crippen LogP contribution is 2.44. The number of hydrogen-bond donors (Lipinski definition) is 1. The molecule has 1 aliphatic carbocycles. The van der Waals surface area contributed by atoms with Gasteiger partial charge in [-0.2, -0.15) is 0 Å². The van der Waals surface area contributed by atoms with Crippen molar-refractivity contribution in [3.05, 3.63) is 58.6 Å². The second-order valence-electron chi connectivity index (χ2n) is 9.29. The highest BCUT2D eigenvalue weighted by atomic mass is 32.2. The number of ether oxygens (including phenoxy) is 1. The molecular weight excluding hydrogens is 474 g/mol. The minimum atomic E-state index is -3.50. The van der Waals surface area contributed by atoms with E-state index >= 15 is 0 Å². The van der Waals surface area contributed by atoms with Crippen molar-refractivity contribution in [2.75, 3.05) is 12.4 Å². The van der Waals surface area contributed by atoms with Crippen molar-refractivity contribution in [2.24, 2.45) is 13.0 Å². The quantitative estimate of drug-likeness (QED) is 0.392. The third-order valence-electron chi connectivity index (χ3n) is 6.75. The number of hydrogen-bond acceptors (Lipinski definition) is 8. The molecule has 0 spiro atoms. The van der Waals surface area contributed by atoms with E-state index in [0.29, 0.717) is 48.3 Å². The maximum atomic E-state index is 13.0. The Kier molecular flexibility index (Phi) is 5.78. The molecule has 0 amide bonds. The summed E-state index contributed by atoms with van der Waals surface area (Å²) in [5.74, 6) is -0.489. The van der Waals surface area contributed by atoms with Gasteiger partial charge in [-0.1, -0.05) is 40.5 Å². The van der Waals surface area contributed by atoms with Gasteiger partial charge in [-0.3, -0.25) is 4.79 Å². The van der Waals surface area contributed by atoms with Gasteiger partial charge in [-0.05, 0) is 37.0 Å². The SMILES string of the molecule is C[n+]1nnc(C[C@@H]2COc3cc(-c4ccccc4C(=O)CS(=O)(=O)C4(C)CC4)ccc3[C@H]2O)s1. The first-order chi connectivity index (χ1) is 16.2. The second-order valence-corrected chi connectivity index (χ2v) is 13.0. The Morgan fingerprint density at radius 3 is 2.74 bits per heavy atom. The molecule has 1 aromatic heterocycles. The number of rotatable bonds is 7. The average molecular weight is 501 g/mol. The second kappa shape index (κ2) is 8.51. The summed E-state index contributed by atoms with van der Waals surface area (Å²) in [5.41, 5.74) is 2.43. The minimum absolute atomic E-state index is 0.144. The van der Waals surface area contributed by atoms with Crippen molar-refractivity contribution in [2.45, 2.75) is 37.0 Å². The molecule has 2 aromatic carbocycles. The zero-order valence-corrected chi connectivity index (χ0v) is 20.6. The summed E-state index contributed by atoms with van der Waals surface area (Å²) < 4.78 is 32.2. The van der Waals surface area contributed by atoms with Crippen molar-refractivity contribution in [1.29, 1.82) is 0 Å². The molecule has 3 aromatic rings. The molecule has 1 aliphatic heterocycles. The Balaban J connectivity index is 1.40. The van der Waals surface area contributed by atoms with E-state index in [1.165, 1.54) is 11.5 Å². The van der Waals surface area contributed by atoms with E-state index in [0.717, 1.165) is 10.6 Å². The lowest BCUT2D eigenvalue weighted by Gasteiger charge is -2.29. The van der Waals surface area contributed by atoms with Crippen LogP contribution in [-0.2, 0) is 23.3 Å². The first-order valence-corrected chi connectivity index (χ1v) is 13.6. The zero-order chi connectivity index (χ0) is 24.1. The molecule has 2 atom stereocenters.